The van der Waals surface area contributed by atoms with Crippen molar-refractivity contribution in [2.45, 2.75) is 33.1 Å². The second-order valence-electron chi connectivity index (χ2n) is 4.64. The molecule has 1 aliphatic rings. The maximum atomic E-state index is 11.9. The number of benzene rings is 1. The summed E-state index contributed by atoms with van der Waals surface area (Å²) in [5.74, 6) is 0.00380. The molecule has 0 spiro atoms. The summed E-state index contributed by atoms with van der Waals surface area (Å²) in [6.07, 6.45) is 1.85. The van der Waals surface area contributed by atoms with Gasteiger partial charge in [-0.05, 0) is 43.4 Å². The quantitative estimate of drug-likeness (QED) is 0.846. The number of hydrogen-bond acceptors (Lipinski definition) is 2. The molecule has 0 radical (unpaired) electrons. The van der Waals surface area contributed by atoms with Crippen LogP contribution in [0, 0.1) is 31.1 Å². The molecule has 0 bridgehead atoms. The first-order valence-corrected chi connectivity index (χ1v) is 5.90. The van der Waals surface area contributed by atoms with Gasteiger partial charge in [0.25, 0.3) is 0 Å². The van der Waals surface area contributed by atoms with Crippen molar-refractivity contribution < 1.29 is 4.79 Å². The number of aryl methyl sites for hydroxylation is 2. The monoisotopic (exact) mass is 228 g/mol. The summed E-state index contributed by atoms with van der Waals surface area (Å²) in [4.78, 5) is 11.9. The van der Waals surface area contributed by atoms with Crippen LogP contribution in [0.4, 0.5) is 5.69 Å². The number of fused-ring (bicyclic) bond motifs is 1. The van der Waals surface area contributed by atoms with Gasteiger partial charge >= 0.3 is 0 Å². The van der Waals surface area contributed by atoms with Crippen LogP contribution >= 0.6 is 0 Å². The Morgan fingerprint density at radius 3 is 2.82 bits per heavy atom. The van der Waals surface area contributed by atoms with Crippen molar-refractivity contribution in [3.8, 4) is 6.07 Å². The second-order valence-corrected chi connectivity index (χ2v) is 4.64. The van der Waals surface area contributed by atoms with Gasteiger partial charge in [-0.1, -0.05) is 12.1 Å². The van der Waals surface area contributed by atoms with Gasteiger partial charge in [0, 0.05) is 18.0 Å². The molecule has 0 aliphatic carbocycles. The van der Waals surface area contributed by atoms with E-state index < -0.39 is 0 Å². The average molecular weight is 228 g/mol. The first-order valence-electron chi connectivity index (χ1n) is 5.90. The van der Waals surface area contributed by atoms with Crippen molar-refractivity contribution in [1.82, 2.24) is 0 Å². The summed E-state index contributed by atoms with van der Waals surface area (Å²) in [5.41, 5.74) is 4.53. The maximum Gasteiger partial charge on any atom is 0.227 e. The van der Waals surface area contributed by atoms with Gasteiger partial charge in [0.2, 0.25) is 5.91 Å². The summed E-state index contributed by atoms with van der Waals surface area (Å²) in [7, 11) is 0. The lowest BCUT2D eigenvalue weighted by molar-refractivity contribution is -0.120. The van der Waals surface area contributed by atoms with E-state index in [1.54, 1.807) is 0 Å². The summed E-state index contributed by atoms with van der Waals surface area (Å²) >= 11 is 0. The van der Waals surface area contributed by atoms with Crippen LogP contribution in [0.15, 0.2) is 12.1 Å². The zero-order chi connectivity index (χ0) is 12.4. The predicted octanol–water partition coefficient (Wildman–Crippen LogP) is 2.72. The summed E-state index contributed by atoms with van der Waals surface area (Å²) < 4.78 is 0. The lowest BCUT2D eigenvalue weighted by Crippen LogP contribution is -2.30. The second kappa shape index (κ2) is 4.58. The number of nitriles is 1. The van der Waals surface area contributed by atoms with Gasteiger partial charge in [0.1, 0.15) is 0 Å². The van der Waals surface area contributed by atoms with Crippen molar-refractivity contribution in [2.24, 2.45) is 5.92 Å². The third kappa shape index (κ3) is 2.16. The fraction of sp³-hybridized carbons (Fsp3) is 0.429. The van der Waals surface area contributed by atoms with Crippen LogP contribution in [0.2, 0.25) is 0 Å². The molecule has 3 nitrogen and oxygen atoms in total. The molecule has 0 saturated carbocycles. The molecule has 2 rings (SSSR count). The molecular formula is C14H16N2O. The lowest BCUT2D eigenvalue weighted by atomic mass is 9.86. The van der Waals surface area contributed by atoms with Crippen molar-refractivity contribution in [3.05, 3.63) is 28.8 Å². The molecule has 1 aliphatic heterocycles. The van der Waals surface area contributed by atoms with Crippen molar-refractivity contribution in [3.63, 3.8) is 0 Å². The molecule has 1 atom stereocenters. The van der Waals surface area contributed by atoms with E-state index in [-0.39, 0.29) is 11.8 Å². The van der Waals surface area contributed by atoms with Crippen LogP contribution in [-0.4, -0.2) is 5.91 Å². The Balaban J connectivity index is 2.31. The molecule has 0 aromatic heterocycles. The van der Waals surface area contributed by atoms with Crippen LogP contribution < -0.4 is 5.32 Å². The van der Waals surface area contributed by atoms with Crippen LogP contribution in [0.1, 0.15) is 29.5 Å². The van der Waals surface area contributed by atoms with Gasteiger partial charge in [-0.2, -0.15) is 5.26 Å². The Kier molecular flexibility index (Phi) is 3.14. The smallest absolute Gasteiger partial charge is 0.227 e. The minimum absolute atomic E-state index is 0.0531. The number of amides is 1. The lowest BCUT2D eigenvalue weighted by Gasteiger charge is -2.27. The average Bonchev–Trinajstić information content (AvgIpc) is 2.32. The topological polar surface area (TPSA) is 52.9 Å². The number of rotatable bonds is 2. The number of nitrogens with zero attached hydrogens (tertiary/aromatic N) is 1. The minimum atomic E-state index is -0.0531. The fourth-order valence-corrected chi connectivity index (χ4v) is 2.34. The molecule has 1 amide bonds. The highest BCUT2D eigenvalue weighted by Crippen LogP contribution is 2.32. The predicted molar refractivity (Wildman–Crippen MR) is 66.6 cm³/mol. The van der Waals surface area contributed by atoms with Gasteiger partial charge in [0.05, 0.1) is 6.07 Å². The van der Waals surface area contributed by atoms with Crippen LogP contribution in [0.3, 0.4) is 0 Å². The zero-order valence-electron chi connectivity index (χ0n) is 10.2. The van der Waals surface area contributed by atoms with E-state index in [0.29, 0.717) is 12.8 Å². The van der Waals surface area contributed by atoms with E-state index in [4.69, 9.17) is 5.26 Å². The van der Waals surface area contributed by atoms with E-state index in [1.807, 2.05) is 13.0 Å². The number of hydrogen-bond donors (Lipinski definition) is 1. The van der Waals surface area contributed by atoms with Crippen LogP contribution in [0.5, 0.6) is 0 Å². The summed E-state index contributed by atoms with van der Waals surface area (Å²) in [6, 6.07) is 6.23. The minimum Gasteiger partial charge on any atom is -0.325 e. The third-order valence-corrected chi connectivity index (χ3v) is 3.43. The van der Waals surface area contributed by atoms with E-state index in [9.17, 15) is 4.79 Å². The van der Waals surface area contributed by atoms with E-state index in [1.165, 1.54) is 11.1 Å². The van der Waals surface area contributed by atoms with Crippen molar-refractivity contribution in [2.75, 3.05) is 5.32 Å². The molecule has 0 saturated heterocycles. The molecule has 1 heterocycles. The van der Waals surface area contributed by atoms with E-state index in [0.717, 1.165) is 17.7 Å². The summed E-state index contributed by atoms with van der Waals surface area (Å²) in [6.45, 7) is 4.07. The van der Waals surface area contributed by atoms with Gasteiger partial charge in [0.15, 0.2) is 0 Å². The molecule has 1 unspecified atom stereocenters. The van der Waals surface area contributed by atoms with E-state index >= 15 is 0 Å². The highest BCUT2D eigenvalue weighted by molar-refractivity contribution is 5.96. The molecule has 17 heavy (non-hydrogen) atoms. The SMILES string of the molecule is Cc1ccc(C)c2c1CC(CCC#N)C(=O)N2. The fourth-order valence-electron chi connectivity index (χ4n) is 2.34. The first-order chi connectivity index (χ1) is 8.13. The number of nitrogens with one attached hydrogen (secondary N) is 1. The van der Waals surface area contributed by atoms with Gasteiger partial charge < -0.3 is 5.32 Å². The standard InChI is InChI=1S/C14H16N2O/c1-9-5-6-10(2)13-12(9)8-11(4-3-7-15)14(17)16-13/h5-6,11H,3-4,8H2,1-2H3,(H,16,17). The normalized spacial score (nSPS) is 18.2. The molecule has 1 aromatic carbocycles. The molecule has 1 aromatic rings. The van der Waals surface area contributed by atoms with Gasteiger partial charge in [-0.25, -0.2) is 0 Å². The Morgan fingerprint density at radius 2 is 2.12 bits per heavy atom. The van der Waals surface area contributed by atoms with E-state index in [2.05, 4.69) is 24.4 Å². The first kappa shape index (κ1) is 11.7. The van der Waals surface area contributed by atoms with Crippen molar-refractivity contribution >= 4 is 11.6 Å². The molecule has 1 N–H and O–H groups in total. The van der Waals surface area contributed by atoms with Gasteiger partial charge in [-0.3, -0.25) is 4.79 Å². The summed E-state index contributed by atoms with van der Waals surface area (Å²) in [5, 5.41) is 11.6. The van der Waals surface area contributed by atoms with Crippen molar-refractivity contribution in [1.29, 1.82) is 5.26 Å². The Bertz CT molecular complexity index is 500. The highest BCUT2D eigenvalue weighted by Gasteiger charge is 2.27. The molecule has 0 fully saturated rings. The zero-order valence-corrected chi connectivity index (χ0v) is 10.2. The van der Waals surface area contributed by atoms with Gasteiger partial charge in [-0.15, -0.1) is 0 Å². The Hall–Kier alpha value is -1.82. The molecule has 88 valence electrons. The Labute approximate surface area is 101 Å². The molecule has 3 heteroatoms. The molecular weight excluding hydrogens is 212 g/mol. The Morgan fingerprint density at radius 1 is 1.41 bits per heavy atom. The van der Waals surface area contributed by atoms with Crippen LogP contribution in [0.25, 0.3) is 0 Å². The number of carbonyl (C=O) groups excluding carboxylic acids is 1. The number of anilines is 1. The van der Waals surface area contributed by atoms with Crippen LogP contribution in [-0.2, 0) is 11.2 Å². The third-order valence-electron chi connectivity index (χ3n) is 3.43. The number of carbonyl (C=O) groups is 1. The maximum absolute atomic E-state index is 11.9. The highest BCUT2D eigenvalue weighted by atomic mass is 16.1. The largest absolute Gasteiger partial charge is 0.325 e.